The van der Waals surface area contributed by atoms with E-state index in [0.29, 0.717) is 6.04 Å². The average molecular weight is 223 g/mol. The van der Waals surface area contributed by atoms with Crippen LogP contribution in [0.2, 0.25) is 0 Å². The quantitative estimate of drug-likeness (QED) is 0.796. The van der Waals surface area contributed by atoms with Gasteiger partial charge in [-0.1, -0.05) is 0 Å². The summed E-state index contributed by atoms with van der Waals surface area (Å²) in [5.74, 6) is 1.13. The second-order valence-corrected chi connectivity index (χ2v) is 4.66. The maximum absolute atomic E-state index is 9.40. The summed E-state index contributed by atoms with van der Waals surface area (Å²) in [6, 6.07) is 0.587. The molecule has 1 fully saturated rings. The number of aryl methyl sites for hydroxylation is 1. The van der Waals surface area contributed by atoms with Gasteiger partial charge in [0.05, 0.1) is 6.10 Å². The van der Waals surface area contributed by atoms with Gasteiger partial charge in [-0.05, 0) is 25.7 Å². The summed E-state index contributed by atoms with van der Waals surface area (Å²) in [5, 5.41) is 12.9. The molecule has 0 radical (unpaired) electrons. The fourth-order valence-electron chi connectivity index (χ4n) is 2.31. The van der Waals surface area contributed by atoms with Crippen molar-refractivity contribution in [3.63, 3.8) is 0 Å². The molecule has 0 spiro atoms. The molecular weight excluding hydrogens is 202 g/mol. The number of imidazole rings is 1. The van der Waals surface area contributed by atoms with E-state index in [1.165, 1.54) is 0 Å². The van der Waals surface area contributed by atoms with E-state index in [4.69, 9.17) is 0 Å². The maximum Gasteiger partial charge on any atom is 0.109 e. The van der Waals surface area contributed by atoms with Gasteiger partial charge in [-0.3, -0.25) is 0 Å². The summed E-state index contributed by atoms with van der Waals surface area (Å²) in [7, 11) is 2.03. The SMILES string of the molecule is Cn1ccnc1CCNC1CCC(O)CC1. The Labute approximate surface area is 96.7 Å². The Balaban J connectivity index is 1.67. The number of aromatic nitrogens is 2. The molecule has 1 aromatic heterocycles. The number of aliphatic hydroxyl groups is 1. The first kappa shape index (κ1) is 11.6. The zero-order chi connectivity index (χ0) is 11.4. The Kier molecular flexibility index (Phi) is 3.96. The molecule has 1 aliphatic rings. The van der Waals surface area contributed by atoms with E-state index >= 15 is 0 Å². The molecular formula is C12H21N3O. The molecule has 0 unspecified atom stereocenters. The number of nitrogens with one attached hydrogen (secondary N) is 1. The van der Waals surface area contributed by atoms with Gasteiger partial charge < -0.3 is 15.0 Å². The summed E-state index contributed by atoms with van der Waals surface area (Å²) in [6.07, 6.45) is 8.82. The number of nitrogens with zero attached hydrogens (tertiary/aromatic N) is 2. The normalized spacial score (nSPS) is 25.9. The van der Waals surface area contributed by atoms with Gasteiger partial charge in [0, 0.05) is 38.4 Å². The summed E-state index contributed by atoms with van der Waals surface area (Å²) >= 11 is 0. The van der Waals surface area contributed by atoms with Crippen molar-refractivity contribution in [2.75, 3.05) is 6.54 Å². The van der Waals surface area contributed by atoms with Crippen LogP contribution in [0.25, 0.3) is 0 Å². The second-order valence-electron chi connectivity index (χ2n) is 4.66. The molecule has 90 valence electrons. The molecule has 2 rings (SSSR count). The standard InChI is InChI=1S/C12H21N3O/c1-15-9-8-14-12(15)6-7-13-10-2-4-11(16)5-3-10/h8-11,13,16H,2-7H2,1H3. The summed E-state index contributed by atoms with van der Waals surface area (Å²) < 4.78 is 2.06. The van der Waals surface area contributed by atoms with Crippen molar-refractivity contribution in [2.24, 2.45) is 7.05 Å². The first-order chi connectivity index (χ1) is 7.75. The highest BCUT2D eigenvalue weighted by Gasteiger charge is 2.18. The van der Waals surface area contributed by atoms with Crippen LogP contribution in [0.5, 0.6) is 0 Å². The number of hydrogen-bond donors (Lipinski definition) is 2. The van der Waals surface area contributed by atoms with Gasteiger partial charge in [-0.2, -0.15) is 0 Å². The third kappa shape index (κ3) is 3.06. The van der Waals surface area contributed by atoms with Crippen LogP contribution in [0.15, 0.2) is 12.4 Å². The molecule has 0 saturated heterocycles. The third-order valence-corrected chi connectivity index (χ3v) is 3.40. The number of hydrogen-bond acceptors (Lipinski definition) is 3. The van der Waals surface area contributed by atoms with E-state index in [0.717, 1.165) is 44.5 Å². The average Bonchev–Trinajstić information content (AvgIpc) is 2.68. The fourth-order valence-corrected chi connectivity index (χ4v) is 2.31. The van der Waals surface area contributed by atoms with Crippen LogP contribution in [0, 0.1) is 0 Å². The Hall–Kier alpha value is -0.870. The molecule has 16 heavy (non-hydrogen) atoms. The molecule has 4 heteroatoms. The summed E-state index contributed by atoms with van der Waals surface area (Å²) in [6.45, 7) is 0.978. The van der Waals surface area contributed by atoms with Crippen molar-refractivity contribution < 1.29 is 5.11 Å². The lowest BCUT2D eigenvalue weighted by atomic mass is 9.93. The lowest BCUT2D eigenvalue weighted by molar-refractivity contribution is 0.117. The van der Waals surface area contributed by atoms with Crippen molar-refractivity contribution >= 4 is 0 Å². The molecule has 0 aliphatic heterocycles. The van der Waals surface area contributed by atoms with Crippen LogP contribution in [0.3, 0.4) is 0 Å². The first-order valence-electron chi connectivity index (χ1n) is 6.13. The van der Waals surface area contributed by atoms with E-state index < -0.39 is 0 Å². The molecule has 0 atom stereocenters. The minimum atomic E-state index is -0.0624. The molecule has 1 saturated carbocycles. The first-order valence-corrected chi connectivity index (χ1v) is 6.13. The van der Waals surface area contributed by atoms with E-state index in [9.17, 15) is 5.11 Å². The third-order valence-electron chi connectivity index (χ3n) is 3.40. The van der Waals surface area contributed by atoms with Gasteiger partial charge in [-0.15, -0.1) is 0 Å². The minimum Gasteiger partial charge on any atom is -0.393 e. The van der Waals surface area contributed by atoms with Gasteiger partial charge in [-0.25, -0.2) is 4.98 Å². The zero-order valence-corrected chi connectivity index (χ0v) is 9.89. The van der Waals surface area contributed by atoms with Crippen molar-refractivity contribution in [1.29, 1.82) is 0 Å². The molecule has 0 bridgehead atoms. The molecule has 0 amide bonds. The predicted molar refractivity (Wildman–Crippen MR) is 63.2 cm³/mol. The second kappa shape index (κ2) is 5.46. The van der Waals surface area contributed by atoms with Crippen LogP contribution in [-0.4, -0.2) is 33.3 Å². The van der Waals surface area contributed by atoms with Crippen LogP contribution < -0.4 is 5.32 Å². The van der Waals surface area contributed by atoms with E-state index in [-0.39, 0.29) is 6.10 Å². The van der Waals surface area contributed by atoms with Crippen molar-refractivity contribution in [3.8, 4) is 0 Å². The predicted octanol–water partition coefficient (Wildman–Crippen LogP) is 0.856. The van der Waals surface area contributed by atoms with Crippen LogP contribution >= 0.6 is 0 Å². The summed E-state index contributed by atoms with van der Waals surface area (Å²) in [4.78, 5) is 4.29. The van der Waals surface area contributed by atoms with E-state index in [1.807, 2.05) is 19.4 Å². The molecule has 4 nitrogen and oxygen atoms in total. The Morgan fingerprint density at radius 3 is 2.81 bits per heavy atom. The van der Waals surface area contributed by atoms with Crippen LogP contribution in [0.1, 0.15) is 31.5 Å². The van der Waals surface area contributed by atoms with Gasteiger partial charge in [0.2, 0.25) is 0 Å². The van der Waals surface area contributed by atoms with Crippen molar-refractivity contribution in [2.45, 2.75) is 44.2 Å². The topological polar surface area (TPSA) is 50.1 Å². The smallest absolute Gasteiger partial charge is 0.109 e. The highest BCUT2D eigenvalue weighted by atomic mass is 16.3. The monoisotopic (exact) mass is 223 g/mol. The highest BCUT2D eigenvalue weighted by molar-refractivity contribution is 4.92. The molecule has 1 aromatic rings. The van der Waals surface area contributed by atoms with Gasteiger partial charge in [0.25, 0.3) is 0 Å². The molecule has 2 N–H and O–H groups in total. The molecule has 0 aromatic carbocycles. The summed E-state index contributed by atoms with van der Waals surface area (Å²) in [5.41, 5.74) is 0. The number of rotatable bonds is 4. The van der Waals surface area contributed by atoms with Crippen molar-refractivity contribution in [1.82, 2.24) is 14.9 Å². The van der Waals surface area contributed by atoms with Crippen LogP contribution in [0.4, 0.5) is 0 Å². The lowest BCUT2D eigenvalue weighted by Crippen LogP contribution is -2.35. The Bertz CT molecular complexity index is 316. The van der Waals surface area contributed by atoms with E-state index in [1.54, 1.807) is 0 Å². The largest absolute Gasteiger partial charge is 0.393 e. The lowest BCUT2D eigenvalue weighted by Gasteiger charge is -2.26. The van der Waals surface area contributed by atoms with Gasteiger partial charge >= 0.3 is 0 Å². The molecule has 1 aliphatic carbocycles. The minimum absolute atomic E-state index is 0.0624. The Morgan fingerprint density at radius 2 is 2.19 bits per heavy atom. The fraction of sp³-hybridized carbons (Fsp3) is 0.750. The van der Waals surface area contributed by atoms with Crippen LogP contribution in [-0.2, 0) is 13.5 Å². The van der Waals surface area contributed by atoms with Gasteiger partial charge in [0.15, 0.2) is 0 Å². The molecule has 1 heterocycles. The van der Waals surface area contributed by atoms with E-state index in [2.05, 4.69) is 14.9 Å². The maximum atomic E-state index is 9.40. The van der Waals surface area contributed by atoms with Gasteiger partial charge in [0.1, 0.15) is 5.82 Å². The van der Waals surface area contributed by atoms with Crippen molar-refractivity contribution in [3.05, 3.63) is 18.2 Å². The Morgan fingerprint density at radius 1 is 1.44 bits per heavy atom. The zero-order valence-electron chi connectivity index (χ0n) is 9.89. The number of aliphatic hydroxyl groups excluding tert-OH is 1. The highest BCUT2D eigenvalue weighted by Crippen LogP contribution is 2.18.